The average Bonchev–Trinajstić information content (AvgIpc) is 3.65. The molecular weight excluding hydrogens is 739 g/mol. The van der Waals surface area contributed by atoms with E-state index in [4.69, 9.17) is 15.0 Å². The van der Waals surface area contributed by atoms with Crippen LogP contribution in [0.1, 0.15) is 118 Å². The van der Waals surface area contributed by atoms with Crippen molar-refractivity contribution in [2.75, 3.05) is 56.2 Å². The first-order valence-corrected chi connectivity index (χ1v) is 24.3. The van der Waals surface area contributed by atoms with Crippen molar-refractivity contribution in [2.24, 2.45) is 56.4 Å². The summed E-state index contributed by atoms with van der Waals surface area (Å²) >= 11 is 2.12. The number of hydrogen-bond donors (Lipinski definition) is 3. The Labute approximate surface area is 354 Å². The van der Waals surface area contributed by atoms with Crippen molar-refractivity contribution in [1.29, 1.82) is 5.53 Å². The molecule has 1 aromatic rings. The van der Waals surface area contributed by atoms with Gasteiger partial charge < -0.3 is 25.0 Å². The lowest BCUT2D eigenvalue weighted by Crippen LogP contribution is -2.64. The molecule has 0 spiro atoms. The SMILES string of the molecule is CCOC(=O)C1(CO/C(=C/N=N)Nc2ccccc2)CC=C(C2=CC[C@@]3(C)C(CC[C@@]4(C)C5CC[C@@]6(NCCN7CCSCC7)CCCC6[C@H]5CCC43)C2(C)C)CC1. The maximum absolute atomic E-state index is 13.7. The number of anilines is 1. The summed E-state index contributed by atoms with van der Waals surface area (Å²) in [5.74, 6) is 6.78. The molecule has 5 fully saturated rings. The molecule has 9 atom stereocenters. The smallest absolute Gasteiger partial charge is 0.315 e. The van der Waals surface area contributed by atoms with Gasteiger partial charge in [0, 0.05) is 48.9 Å². The first-order valence-electron chi connectivity index (χ1n) is 23.1. The number of allylic oxidation sites excluding steroid dienone is 4. The fraction of sp³-hybridized carbons (Fsp3) is 0.735. The Kier molecular flexibility index (Phi) is 12.4. The summed E-state index contributed by atoms with van der Waals surface area (Å²) in [4.78, 5) is 16.4. The second-order valence-electron chi connectivity index (χ2n) is 20.5. The maximum Gasteiger partial charge on any atom is 0.315 e. The lowest BCUT2D eigenvalue weighted by molar-refractivity contribution is -0.175. The summed E-state index contributed by atoms with van der Waals surface area (Å²) in [6.45, 7) is 17.9. The average molecular weight is 812 g/mol. The number of carbonyl (C=O) groups excluding carboxylic acids is 1. The highest BCUT2D eigenvalue weighted by Gasteiger charge is 2.65. The Hall–Kier alpha value is -2.62. The third-order valence-corrected chi connectivity index (χ3v) is 18.4. The van der Waals surface area contributed by atoms with E-state index in [9.17, 15) is 4.79 Å². The summed E-state index contributed by atoms with van der Waals surface area (Å²) in [7, 11) is 0. The zero-order valence-electron chi connectivity index (χ0n) is 36.4. The third kappa shape index (κ3) is 7.65. The molecule has 0 aromatic heterocycles. The minimum atomic E-state index is -0.795. The molecule has 4 saturated carbocycles. The Morgan fingerprint density at radius 1 is 0.914 bits per heavy atom. The molecule has 1 saturated heterocycles. The highest BCUT2D eigenvalue weighted by Crippen LogP contribution is 2.72. The minimum Gasteiger partial charge on any atom is -0.477 e. The van der Waals surface area contributed by atoms with E-state index in [0.29, 0.717) is 47.6 Å². The molecule has 8 rings (SSSR count). The molecule has 0 amide bonds. The van der Waals surface area contributed by atoms with Crippen LogP contribution in [0.15, 0.2) is 70.8 Å². The first-order chi connectivity index (χ1) is 28.0. The Bertz CT molecular complexity index is 1740. The quantitative estimate of drug-likeness (QED) is 0.104. The van der Waals surface area contributed by atoms with Gasteiger partial charge in [-0.2, -0.15) is 16.9 Å². The van der Waals surface area contributed by atoms with Crippen LogP contribution in [0.25, 0.3) is 0 Å². The second kappa shape index (κ2) is 17.0. The molecule has 0 radical (unpaired) electrons. The highest BCUT2D eigenvalue weighted by atomic mass is 32.2. The monoisotopic (exact) mass is 812 g/mol. The molecule has 3 N–H and O–H groups in total. The van der Waals surface area contributed by atoms with Gasteiger partial charge in [-0.25, -0.2) is 5.53 Å². The molecule has 58 heavy (non-hydrogen) atoms. The number of esters is 1. The lowest BCUT2D eigenvalue weighted by atomic mass is 9.37. The van der Waals surface area contributed by atoms with Gasteiger partial charge in [-0.3, -0.25) is 4.79 Å². The van der Waals surface area contributed by atoms with E-state index in [1.807, 2.05) is 37.3 Å². The molecule has 1 heterocycles. The number of ether oxygens (including phenoxy) is 2. The molecule has 5 unspecified atom stereocenters. The number of thioether (sulfide) groups is 1. The van der Waals surface area contributed by atoms with Gasteiger partial charge in [-0.1, -0.05) is 64.5 Å². The van der Waals surface area contributed by atoms with Gasteiger partial charge in [-0.05, 0) is 153 Å². The summed E-state index contributed by atoms with van der Waals surface area (Å²) in [5.41, 5.74) is 11.6. The molecular formula is C49H73N5O3S. The number of fused-ring (bicyclic) bond motifs is 7. The minimum absolute atomic E-state index is 0.0622. The fourth-order valence-corrected chi connectivity index (χ4v) is 15.8. The van der Waals surface area contributed by atoms with E-state index >= 15 is 0 Å². The van der Waals surface area contributed by atoms with Crippen LogP contribution in [0.2, 0.25) is 0 Å². The van der Waals surface area contributed by atoms with Gasteiger partial charge in [-0.15, -0.1) is 0 Å². The van der Waals surface area contributed by atoms with Gasteiger partial charge >= 0.3 is 5.97 Å². The van der Waals surface area contributed by atoms with Crippen LogP contribution in [0.5, 0.6) is 0 Å². The summed E-state index contributed by atoms with van der Waals surface area (Å²) in [6.07, 6.45) is 22.2. The van der Waals surface area contributed by atoms with Crippen molar-refractivity contribution in [2.45, 2.75) is 124 Å². The standard InChI is InChI=1S/C49H73N5O3S/c1-6-56-44(55)48(34-57-43(33-52-50)53-36-11-8-7-9-12-36)24-16-35(17-25-48)38-18-22-47(5)41(45(38,2)3)20-23-46(4)39-19-26-49(51-27-28-54-29-31-58-32-30-54)21-10-13-40(49)37(39)14-15-42(46)47/h7-9,11-12,16,18,33,37,39-42,50-51,53H,6,10,13-15,17,19-32,34H2,1-5H3/b43-33+,52-50?/t37-,39?,40?,41?,42?,46-,47-,48?,49-/m0/s1. The molecule has 1 aliphatic heterocycles. The maximum atomic E-state index is 13.7. The molecule has 0 bridgehead atoms. The molecule has 7 aliphatic rings. The molecule has 1 aromatic carbocycles. The third-order valence-electron chi connectivity index (χ3n) is 17.5. The number of benzene rings is 1. The van der Waals surface area contributed by atoms with E-state index < -0.39 is 5.41 Å². The Balaban J connectivity index is 0.965. The van der Waals surface area contributed by atoms with Crippen LogP contribution in [0, 0.1) is 56.8 Å². The van der Waals surface area contributed by atoms with E-state index in [0.717, 1.165) is 42.2 Å². The van der Waals surface area contributed by atoms with E-state index in [1.54, 1.807) is 0 Å². The Morgan fingerprint density at radius 2 is 1.72 bits per heavy atom. The zero-order valence-corrected chi connectivity index (χ0v) is 37.2. The number of para-hydroxylation sites is 1. The van der Waals surface area contributed by atoms with E-state index in [-0.39, 0.29) is 18.0 Å². The predicted octanol–water partition coefficient (Wildman–Crippen LogP) is 11.0. The van der Waals surface area contributed by atoms with E-state index in [1.165, 1.54) is 113 Å². The Morgan fingerprint density at radius 3 is 2.47 bits per heavy atom. The first kappa shape index (κ1) is 42.1. The van der Waals surface area contributed by atoms with E-state index in [2.05, 4.69) is 72.3 Å². The molecule has 8 nitrogen and oxygen atoms in total. The van der Waals surface area contributed by atoms with Crippen LogP contribution < -0.4 is 10.6 Å². The van der Waals surface area contributed by atoms with Gasteiger partial charge in [0.05, 0.1) is 6.61 Å². The van der Waals surface area contributed by atoms with Crippen LogP contribution in [-0.4, -0.2) is 67.3 Å². The van der Waals surface area contributed by atoms with Crippen molar-refractivity contribution in [3.8, 4) is 0 Å². The van der Waals surface area contributed by atoms with Crippen LogP contribution in [-0.2, 0) is 14.3 Å². The topological polar surface area (TPSA) is 99.0 Å². The largest absolute Gasteiger partial charge is 0.477 e. The van der Waals surface area contributed by atoms with Crippen molar-refractivity contribution in [3.05, 3.63) is 65.7 Å². The fourth-order valence-electron chi connectivity index (χ4n) is 14.8. The van der Waals surface area contributed by atoms with Gasteiger partial charge in [0.25, 0.3) is 0 Å². The molecule has 9 heteroatoms. The van der Waals surface area contributed by atoms with Crippen molar-refractivity contribution in [3.63, 3.8) is 0 Å². The number of rotatable bonds is 13. The van der Waals surface area contributed by atoms with Crippen molar-refractivity contribution in [1.82, 2.24) is 10.2 Å². The van der Waals surface area contributed by atoms with Crippen LogP contribution in [0.4, 0.5) is 5.69 Å². The van der Waals surface area contributed by atoms with Gasteiger partial charge in [0.1, 0.15) is 18.2 Å². The number of nitrogens with zero attached hydrogens (tertiary/aromatic N) is 2. The van der Waals surface area contributed by atoms with Crippen LogP contribution in [0.3, 0.4) is 0 Å². The molecule has 318 valence electrons. The normalized spacial score (nSPS) is 38.5. The summed E-state index contributed by atoms with van der Waals surface area (Å²) < 4.78 is 12.0. The predicted molar refractivity (Wildman–Crippen MR) is 236 cm³/mol. The van der Waals surface area contributed by atoms with Crippen molar-refractivity contribution >= 4 is 23.4 Å². The second-order valence-corrected chi connectivity index (χ2v) is 21.7. The van der Waals surface area contributed by atoms with Crippen molar-refractivity contribution < 1.29 is 14.3 Å². The van der Waals surface area contributed by atoms with Gasteiger partial charge in [0.2, 0.25) is 5.88 Å². The number of nitrogens with one attached hydrogen (secondary N) is 3. The lowest BCUT2D eigenvalue weighted by Gasteiger charge is -2.68. The number of hydrogen-bond acceptors (Lipinski definition) is 9. The summed E-state index contributed by atoms with van der Waals surface area (Å²) in [6, 6.07) is 9.71. The number of carbonyl (C=O) groups is 1. The molecule has 6 aliphatic carbocycles. The zero-order chi connectivity index (χ0) is 40.6. The van der Waals surface area contributed by atoms with Crippen LogP contribution >= 0.6 is 11.8 Å². The summed E-state index contributed by atoms with van der Waals surface area (Å²) in [5, 5.41) is 11.0. The van der Waals surface area contributed by atoms with Gasteiger partial charge in [0.15, 0.2) is 0 Å². The highest BCUT2D eigenvalue weighted by molar-refractivity contribution is 7.99.